The van der Waals surface area contributed by atoms with E-state index >= 15 is 0 Å². The van der Waals surface area contributed by atoms with Crippen LogP contribution in [-0.4, -0.2) is 23.1 Å². The fourth-order valence-corrected chi connectivity index (χ4v) is 3.56. The molecule has 1 fully saturated rings. The van der Waals surface area contributed by atoms with Crippen molar-refractivity contribution in [2.45, 2.75) is 33.6 Å². The van der Waals surface area contributed by atoms with Gasteiger partial charge in [-0.15, -0.1) is 11.3 Å². The maximum atomic E-state index is 4.68. The Labute approximate surface area is 106 Å². The summed E-state index contributed by atoms with van der Waals surface area (Å²) in [5.74, 6) is 2.05. The topological polar surface area (TPSA) is 29.0 Å². The molecule has 0 radical (unpaired) electrons. The van der Waals surface area contributed by atoms with E-state index in [-0.39, 0.29) is 0 Å². The number of anilines is 1. The van der Waals surface area contributed by atoms with Gasteiger partial charge in [0.1, 0.15) is 16.5 Å². The van der Waals surface area contributed by atoms with Gasteiger partial charge in [-0.1, -0.05) is 0 Å². The molecule has 0 saturated carbocycles. The molecule has 0 amide bonds. The minimum Gasteiger partial charge on any atom is -0.356 e. The van der Waals surface area contributed by atoms with Crippen LogP contribution < -0.4 is 4.90 Å². The Morgan fingerprint density at radius 2 is 1.76 bits per heavy atom. The summed E-state index contributed by atoms with van der Waals surface area (Å²) in [6, 6.07) is 0. The Hall–Kier alpha value is -1.16. The molecular weight excluding hydrogens is 230 g/mol. The number of aromatic nitrogens is 2. The first-order chi connectivity index (χ1) is 8.16. The molecule has 1 aliphatic heterocycles. The summed E-state index contributed by atoms with van der Waals surface area (Å²) in [5, 5.41) is 1.28. The van der Waals surface area contributed by atoms with Crippen molar-refractivity contribution in [2.24, 2.45) is 0 Å². The van der Waals surface area contributed by atoms with Crippen molar-refractivity contribution >= 4 is 27.4 Å². The van der Waals surface area contributed by atoms with Crippen molar-refractivity contribution in [1.82, 2.24) is 9.97 Å². The molecule has 3 nitrogen and oxygen atoms in total. The molecule has 2 aromatic rings. The lowest BCUT2D eigenvalue weighted by atomic mass is 10.2. The van der Waals surface area contributed by atoms with Crippen molar-refractivity contribution in [3.63, 3.8) is 0 Å². The summed E-state index contributed by atoms with van der Waals surface area (Å²) < 4.78 is 0. The van der Waals surface area contributed by atoms with E-state index in [1.54, 1.807) is 11.3 Å². The van der Waals surface area contributed by atoms with Crippen LogP contribution in [0.1, 0.15) is 29.1 Å². The maximum absolute atomic E-state index is 4.68. The summed E-state index contributed by atoms with van der Waals surface area (Å²) in [6.45, 7) is 8.63. The van der Waals surface area contributed by atoms with Crippen LogP contribution in [0.5, 0.6) is 0 Å². The van der Waals surface area contributed by atoms with Crippen LogP contribution in [0.4, 0.5) is 5.82 Å². The van der Waals surface area contributed by atoms with Crippen molar-refractivity contribution in [3.05, 3.63) is 16.3 Å². The van der Waals surface area contributed by atoms with E-state index in [1.165, 1.54) is 28.7 Å². The van der Waals surface area contributed by atoms with Crippen molar-refractivity contribution in [1.29, 1.82) is 0 Å². The van der Waals surface area contributed by atoms with E-state index in [2.05, 4.69) is 28.7 Å². The molecular formula is C13H17N3S. The normalized spacial score (nSPS) is 16.1. The molecule has 0 N–H and O–H groups in total. The minimum atomic E-state index is 0.889. The number of hydrogen-bond acceptors (Lipinski definition) is 4. The second-order valence-electron chi connectivity index (χ2n) is 4.75. The summed E-state index contributed by atoms with van der Waals surface area (Å²) in [4.78, 5) is 14.2. The molecule has 3 heterocycles. The van der Waals surface area contributed by atoms with Gasteiger partial charge in [0.15, 0.2) is 0 Å². The molecule has 0 spiro atoms. The van der Waals surface area contributed by atoms with Crippen LogP contribution in [0.3, 0.4) is 0 Å². The fourth-order valence-electron chi connectivity index (χ4n) is 2.49. The Balaban J connectivity index is 2.27. The smallest absolute Gasteiger partial charge is 0.141 e. The number of nitrogens with zero attached hydrogens (tertiary/aromatic N) is 3. The van der Waals surface area contributed by atoms with Crippen LogP contribution in [0.25, 0.3) is 10.2 Å². The quantitative estimate of drug-likeness (QED) is 0.775. The minimum absolute atomic E-state index is 0.889. The highest BCUT2D eigenvalue weighted by molar-refractivity contribution is 7.18. The average Bonchev–Trinajstić information content (AvgIpc) is 2.88. The third-order valence-electron chi connectivity index (χ3n) is 3.53. The SMILES string of the molecule is Cc1nc(N2CCCC2)c2c(C)c(C)sc2n1. The predicted octanol–water partition coefficient (Wildman–Crippen LogP) is 3.22. The molecule has 0 unspecified atom stereocenters. The molecule has 1 aliphatic rings. The van der Waals surface area contributed by atoms with E-state index in [0.29, 0.717) is 0 Å². The molecule has 4 heteroatoms. The Bertz CT molecular complexity index is 568. The first-order valence-electron chi connectivity index (χ1n) is 6.16. The largest absolute Gasteiger partial charge is 0.356 e. The zero-order chi connectivity index (χ0) is 12.0. The number of aryl methyl sites for hydroxylation is 3. The van der Waals surface area contributed by atoms with Crippen molar-refractivity contribution in [2.75, 3.05) is 18.0 Å². The number of hydrogen-bond donors (Lipinski definition) is 0. The molecule has 0 aromatic carbocycles. The number of fused-ring (bicyclic) bond motifs is 1. The van der Waals surface area contributed by atoms with E-state index < -0.39 is 0 Å². The maximum Gasteiger partial charge on any atom is 0.141 e. The monoisotopic (exact) mass is 247 g/mol. The summed E-state index contributed by atoms with van der Waals surface area (Å²) in [6.07, 6.45) is 2.57. The Morgan fingerprint density at radius 3 is 2.47 bits per heavy atom. The number of thiophene rings is 1. The zero-order valence-electron chi connectivity index (χ0n) is 10.6. The zero-order valence-corrected chi connectivity index (χ0v) is 11.4. The fraction of sp³-hybridized carbons (Fsp3) is 0.538. The van der Waals surface area contributed by atoms with Crippen LogP contribution in [-0.2, 0) is 0 Å². The van der Waals surface area contributed by atoms with Gasteiger partial charge in [-0.2, -0.15) is 0 Å². The third kappa shape index (κ3) is 1.71. The third-order valence-corrected chi connectivity index (χ3v) is 4.63. The average molecular weight is 247 g/mol. The van der Waals surface area contributed by atoms with Gasteiger partial charge in [-0.25, -0.2) is 9.97 Å². The molecule has 2 aromatic heterocycles. The lowest BCUT2D eigenvalue weighted by Crippen LogP contribution is -2.20. The highest BCUT2D eigenvalue weighted by Crippen LogP contribution is 2.35. The van der Waals surface area contributed by atoms with E-state index in [1.807, 2.05) is 6.92 Å². The van der Waals surface area contributed by atoms with Crippen molar-refractivity contribution in [3.8, 4) is 0 Å². The molecule has 0 aliphatic carbocycles. The predicted molar refractivity (Wildman–Crippen MR) is 73.1 cm³/mol. The van der Waals surface area contributed by atoms with Crippen LogP contribution >= 0.6 is 11.3 Å². The Morgan fingerprint density at radius 1 is 1.06 bits per heavy atom. The molecule has 0 atom stereocenters. The standard InChI is InChI=1S/C13H17N3S/c1-8-9(2)17-13-11(8)12(14-10(3)15-13)16-6-4-5-7-16/h4-7H2,1-3H3. The first-order valence-corrected chi connectivity index (χ1v) is 6.98. The lowest BCUT2D eigenvalue weighted by Gasteiger charge is -2.18. The number of rotatable bonds is 1. The Kier molecular flexibility index (Phi) is 2.54. The molecule has 0 bridgehead atoms. The van der Waals surface area contributed by atoms with E-state index in [0.717, 1.165) is 29.6 Å². The second-order valence-corrected chi connectivity index (χ2v) is 5.96. The van der Waals surface area contributed by atoms with Gasteiger partial charge in [0, 0.05) is 18.0 Å². The molecule has 17 heavy (non-hydrogen) atoms. The van der Waals surface area contributed by atoms with Gasteiger partial charge >= 0.3 is 0 Å². The van der Waals surface area contributed by atoms with Crippen LogP contribution in [0.15, 0.2) is 0 Å². The first kappa shape index (κ1) is 11.0. The van der Waals surface area contributed by atoms with Gasteiger partial charge in [0.2, 0.25) is 0 Å². The molecule has 3 rings (SSSR count). The van der Waals surface area contributed by atoms with E-state index in [9.17, 15) is 0 Å². The highest BCUT2D eigenvalue weighted by Gasteiger charge is 2.20. The summed E-state index contributed by atoms with van der Waals surface area (Å²) in [7, 11) is 0. The molecule has 1 saturated heterocycles. The van der Waals surface area contributed by atoms with Crippen molar-refractivity contribution < 1.29 is 0 Å². The van der Waals surface area contributed by atoms with Gasteiger partial charge in [-0.05, 0) is 39.2 Å². The highest BCUT2D eigenvalue weighted by atomic mass is 32.1. The second kappa shape index (κ2) is 3.95. The van der Waals surface area contributed by atoms with Crippen LogP contribution in [0.2, 0.25) is 0 Å². The van der Waals surface area contributed by atoms with Gasteiger partial charge < -0.3 is 4.90 Å². The van der Waals surface area contributed by atoms with Gasteiger partial charge in [-0.3, -0.25) is 0 Å². The van der Waals surface area contributed by atoms with E-state index in [4.69, 9.17) is 0 Å². The van der Waals surface area contributed by atoms with Crippen LogP contribution in [0, 0.1) is 20.8 Å². The molecule has 90 valence electrons. The summed E-state index contributed by atoms with van der Waals surface area (Å²) in [5.41, 5.74) is 1.35. The van der Waals surface area contributed by atoms with Gasteiger partial charge in [0.05, 0.1) is 5.39 Å². The summed E-state index contributed by atoms with van der Waals surface area (Å²) >= 11 is 1.79. The van der Waals surface area contributed by atoms with Gasteiger partial charge in [0.25, 0.3) is 0 Å². The lowest BCUT2D eigenvalue weighted by molar-refractivity contribution is 0.925.